The summed E-state index contributed by atoms with van der Waals surface area (Å²) in [5.74, 6) is -23.3. The van der Waals surface area contributed by atoms with Gasteiger partial charge in [0.1, 0.15) is 5.82 Å². The Hall–Kier alpha value is -1.65. The minimum Gasteiger partial charge on any atom is -0.305 e. The lowest BCUT2D eigenvalue weighted by atomic mass is 10.0. The number of aromatic nitrogens is 1. The van der Waals surface area contributed by atoms with E-state index in [1.807, 2.05) is 0 Å². The third kappa shape index (κ3) is 3.33. The van der Waals surface area contributed by atoms with Crippen LogP contribution in [0, 0.1) is 6.92 Å². The average molecular weight is 371 g/mol. The van der Waals surface area contributed by atoms with Gasteiger partial charge in [-0.05, 0) is 30.2 Å². The highest BCUT2D eigenvalue weighted by molar-refractivity contribution is 6.22. The largest absolute Gasteiger partial charge is 0.393 e. The van der Waals surface area contributed by atoms with Crippen LogP contribution in [-0.4, -0.2) is 34.0 Å². The molecule has 23 heavy (non-hydrogen) atoms. The Balaban J connectivity index is 3.13. The lowest BCUT2D eigenvalue weighted by Crippen LogP contribution is -2.64. The number of aryl methyl sites for hydroxylation is 1. The van der Waals surface area contributed by atoms with Crippen LogP contribution in [0.25, 0.3) is 0 Å². The number of rotatable bonds is 5. The maximum Gasteiger partial charge on any atom is 0.393 e. The highest BCUT2D eigenvalue weighted by Gasteiger charge is 2.82. The number of pyridine rings is 1. The minimum absolute atomic E-state index is 0.508. The number of hydrogen-bond donors (Lipinski definition) is 1. The number of hydrogen-bond acceptors (Lipinski definition) is 2. The molecule has 0 radical (unpaired) electrons. The van der Waals surface area contributed by atoms with E-state index < -0.39 is 34.9 Å². The van der Waals surface area contributed by atoms with Crippen LogP contribution >= 0.6 is 11.6 Å². The number of nitrogens with zero attached hydrogens (tertiary/aromatic N) is 1. The Labute approximate surface area is 128 Å². The molecule has 0 atom stereocenters. The van der Waals surface area contributed by atoms with Crippen molar-refractivity contribution in [3.63, 3.8) is 0 Å². The van der Waals surface area contributed by atoms with Crippen molar-refractivity contribution in [2.75, 3.05) is 5.32 Å². The van der Waals surface area contributed by atoms with Crippen molar-refractivity contribution in [1.29, 1.82) is 0 Å². The molecule has 0 bridgehead atoms. The molecular weight excluding hydrogens is 364 g/mol. The Morgan fingerprint density at radius 2 is 1.57 bits per heavy atom. The molecule has 0 aliphatic heterocycles. The molecule has 3 nitrogen and oxygen atoms in total. The number of amides is 1. The van der Waals surface area contributed by atoms with Crippen LogP contribution in [0.3, 0.4) is 0 Å². The minimum atomic E-state index is -6.76. The zero-order chi connectivity index (χ0) is 18.3. The Morgan fingerprint density at radius 3 is 1.96 bits per heavy atom. The predicted molar refractivity (Wildman–Crippen MR) is 63.2 cm³/mol. The molecule has 1 rings (SSSR count). The summed E-state index contributed by atoms with van der Waals surface area (Å²) < 4.78 is 103. The van der Waals surface area contributed by atoms with E-state index in [2.05, 4.69) is 16.6 Å². The van der Waals surface area contributed by atoms with Crippen molar-refractivity contribution in [2.24, 2.45) is 0 Å². The van der Waals surface area contributed by atoms with Gasteiger partial charge in [0.2, 0.25) is 0 Å². The molecule has 1 amide bonds. The van der Waals surface area contributed by atoms with E-state index in [0.29, 0.717) is 5.56 Å². The number of nitrogens with one attached hydrogen (secondary N) is 1. The van der Waals surface area contributed by atoms with Gasteiger partial charge in [0, 0.05) is 6.20 Å². The number of anilines is 1. The first-order valence-electron chi connectivity index (χ1n) is 5.59. The van der Waals surface area contributed by atoms with Gasteiger partial charge in [-0.25, -0.2) is 4.98 Å². The fraction of sp³-hybridized carbons (Fsp3) is 0.455. The predicted octanol–water partition coefficient (Wildman–Crippen LogP) is 4.07. The monoisotopic (exact) mass is 370 g/mol. The van der Waals surface area contributed by atoms with Crippen molar-refractivity contribution in [2.45, 2.75) is 30.1 Å². The maximum absolute atomic E-state index is 13.3. The number of halogens is 9. The van der Waals surface area contributed by atoms with Gasteiger partial charge in [-0.2, -0.15) is 35.1 Å². The van der Waals surface area contributed by atoms with E-state index in [9.17, 15) is 39.9 Å². The second-order valence-corrected chi connectivity index (χ2v) is 4.87. The summed E-state index contributed by atoms with van der Waals surface area (Å²) in [6.45, 7) is 1.52. The van der Waals surface area contributed by atoms with Crippen LogP contribution in [-0.2, 0) is 4.79 Å². The molecular formula is C11H7ClF8N2O. The summed E-state index contributed by atoms with van der Waals surface area (Å²) >= 11 is 3.76. The van der Waals surface area contributed by atoms with Gasteiger partial charge in [0.25, 0.3) is 0 Å². The fourth-order valence-corrected chi connectivity index (χ4v) is 1.37. The smallest absolute Gasteiger partial charge is 0.305 e. The van der Waals surface area contributed by atoms with Crippen molar-refractivity contribution in [1.82, 2.24) is 4.98 Å². The average Bonchev–Trinajstić information content (AvgIpc) is 2.39. The quantitative estimate of drug-likeness (QED) is 0.627. The van der Waals surface area contributed by atoms with E-state index in [4.69, 9.17) is 0 Å². The summed E-state index contributed by atoms with van der Waals surface area (Å²) in [6.07, 6.45) is 1.05. The van der Waals surface area contributed by atoms with Gasteiger partial charge < -0.3 is 5.32 Å². The van der Waals surface area contributed by atoms with Crippen LogP contribution < -0.4 is 5.32 Å². The molecule has 0 spiro atoms. The summed E-state index contributed by atoms with van der Waals surface area (Å²) in [5.41, 5.74) is 0.508. The molecule has 0 aliphatic carbocycles. The summed E-state index contributed by atoms with van der Waals surface area (Å²) in [4.78, 5) is 14.5. The van der Waals surface area contributed by atoms with Crippen molar-refractivity contribution in [3.8, 4) is 0 Å². The van der Waals surface area contributed by atoms with Gasteiger partial charge in [-0.3, -0.25) is 4.79 Å². The fourth-order valence-electron chi connectivity index (χ4n) is 1.25. The van der Waals surface area contributed by atoms with Crippen molar-refractivity contribution in [3.05, 3.63) is 23.9 Å². The molecule has 0 saturated carbocycles. The molecule has 0 aromatic carbocycles. The first-order valence-corrected chi connectivity index (χ1v) is 5.96. The molecule has 0 fully saturated rings. The van der Waals surface area contributed by atoms with Crippen molar-refractivity contribution < 1.29 is 39.9 Å². The molecule has 0 unspecified atom stereocenters. The second kappa shape index (κ2) is 5.77. The topological polar surface area (TPSA) is 42.0 Å². The molecule has 1 heterocycles. The molecule has 0 saturated heterocycles. The Morgan fingerprint density at radius 1 is 1.04 bits per heavy atom. The zero-order valence-corrected chi connectivity index (χ0v) is 11.7. The molecule has 1 aromatic rings. The first kappa shape index (κ1) is 19.4. The zero-order valence-electron chi connectivity index (χ0n) is 11.0. The summed E-state index contributed by atoms with van der Waals surface area (Å²) in [5, 5.41) is -4.87. The number of carbonyl (C=O) groups excluding carboxylic acids is 1. The van der Waals surface area contributed by atoms with E-state index >= 15 is 0 Å². The lowest BCUT2D eigenvalue weighted by molar-refractivity contribution is -0.336. The molecule has 1 N–H and O–H groups in total. The van der Waals surface area contributed by atoms with E-state index in [1.54, 1.807) is 0 Å². The van der Waals surface area contributed by atoms with Crippen LogP contribution in [0.5, 0.6) is 0 Å². The lowest BCUT2D eigenvalue weighted by Gasteiger charge is -2.33. The van der Waals surface area contributed by atoms with E-state index in [0.717, 1.165) is 17.6 Å². The van der Waals surface area contributed by atoms with Crippen LogP contribution in [0.2, 0.25) is 0 Å². The van der Waals surface area contributed by atoms with Crippen molar-refractivity contribution >= 4 is 23.3 Å². The van der Waals surface area contributed by atoms with Gasteiger partial charge in [0.05, 0.1) is 0 Å². The van der Waals surface area contributed by atoms with E-state index in [1.165, 1.54) is 13.0 Å². The Bertz CT molecular complexity index is 585. The third-order valence-corrected chi connectivity index (χ3v) is 2.82. The van der Waals surface area contributed by atoms with Crippen LogP contribution in [0.4, 0.5) is 40.9 Å². The molecule has 12 heteroatoms. The van der Waals surface area contributed by atoms with Gasteiger partial charge in [-0.15, -0.1) is 0 Å². The SMILES string of the molecule is Cc1ccc(NC(=O)C(F)(F)C(F)(F)C(F)(F)C(F)(F)Cl)nc1. The summed E-state index contributed by atoms with van der Waals surface area (Å²) in [7, 11) is 0. The van der Waals surface area contributed by atoms with E-state index in [-0.39, 0.29) is 0 Å². The standard InChI is InChI=1S/C11H7ClF8N2O/c1-5-2-3-6(21-4-5)22-7(23)8(13,14)9(15,16)10(17,18)11(12,19)20/h2-4H,1H3,(H,21,22,23). The van der Waals surface area contributed by atoms with Gasteiger partial charge >= 0.3 is 29.1 Å². The molecule has 130 valence electrons. The molecule has 1 aromatic heterocycles. The Kier molecular flexibility index (Phi) is 4.86. The second-order valence-electron chi connectivity index (χ2n) is 4.40. The number of alkyl halides is 9. The molecule has 0 aliphatic rings. The van der Waals surface area contributed by atoms with Gasteiger partial charge in [-0.1, -0.05) is 6.07 Å². The first-order chi connectivity index (χ1) is 10.1. The van der Waals surface area contributed by atoms with Gasteiger partial charge in [0.15, 0.2) is 0 Å². The van der Waals surface area contributed by atoms with Crippen LogP contribution in [0.1, 0.15) is 5.56 Å². The number of carbonyl (C=O) groups is 1. The third-order valence-electron chi connectivity index (χ3n) is 2.58. The summed E-state index contributed by atoms with van der Waals surface area (Å²) in [6, 6.07) is 2.15. The highest BCUT2D eigenvalue weighted by Crippen LogP contribution is 2.54. The normalized spacial score (nSPS) is 13.8. The highest BCUT2D eigenvalue weighted by atomic mass is 35.5. The van der Waals surface area contributed by atoms with Crippen LogP contribution in [0.15, 0.2) is 18.3 Å². The maximum atomic E-state index is 13.3.